The fourth-order valence-corrected chi connectivity index (χ4v) is 2.05. The van der Waals surface area contributed by atoms with E-state index in [0.717, 1.165) is 0 Å². The van der Waals surface area contributed by atoms with Gasteiger partial charge in [0.2, 0.25) is 0 Å². The summed E-state index contributed by atoms with van der Waals surface area (Å²) in [6.45, 7) is 13.0. The van der Waals surface area contributed by atoms with Crippen LogP contribution in [-0.4, -0.2) is 11.2 Å². The number of aliphatic hydroxyl groups excluding tert-OH is 1. The van der Waals surface area contributed by atoms with Crippen molar-refractivity contribution in [2.24, 2.45) is 23.7 Å². The largest absolute Gasteiger partial charge is 0.393 e. The Balaban J connectivity index is 4.30. The van der Waals surface area contributed by atoms with Gasteiger partial charge in [0.15, 0.2) is 0 Å². The van der Waals surface area contributed by atoms with Gasteiger partial charge in [-0.05, 0) is 30.6 Å². The molecule has 1 nitrogen and oxygen atoms in total. The Morgan fingerprint density at radius 3 is 1.25 bits per heavy atom. The number of aliphatic hydroxyl groups is 1. The molecule has 0 radical (unpaired) electrons. The third kappa shape index (κ3) is 3.14. The summed E-state index contributed by atoms with van der Waals surface area (Å²) in [5.41, 5.74) is 0. The summed E-state index contributed by atoms with van der Waals surface area (Å²) in [4.78, 5) is 0. The number of hydrogen-bond acceptors (Lipinski definition) is 1. The fraction of sp³-hybridized carbons (Fsp3) is 1.00. The molecule has 0 amide bonds. The van der Waals surface area contributed by atoms with Gasteiger partial charge in [0.25, 0.3) is 0 Å². The minimum absolute atomic E-state index is 0.178. The topological polar surface area (TPSA) is 20.2 Å². The molecule has 0 heterocycles. The van der Waals surface area contributed by atoms with Gasteiger partial charge in [0.05, 0.1) is 6.10 Å². The highest BCUT2D eigenvalue weighted by molar-refractivity contribution is 4.76. The van der Waals surface area contributed by atoms with Gasteiger partial charge in [-0.15, -0.1) is 0 Å². The lowest BCUT2D eigenvalue weighted by Crippen LogP contribution is -2.31. The van der Waals surface area contributed by atoms with Crippen LogP contribution in [0.1, 0.15) is 41.5 Å². The quantitative estimate of drug-likeness (QED) is 0.691. The molecule has 0 rings (SSSR count). The Kier molecular flexibility index (Phi) is 4.84. The zero-order chi connectivity index (χ0) is 9.89. The van der Waals surface area contributed by atoms with Crippen LogP contribution in [-0.2, 0) is 0 Å². The number of hydrogen-bond donors (Lipinski definition) is 1. The van der Waals surface area contributed by atoms with E-state index in [-0.39, 0.29) is 6.10 Å². The van der Waals surface area contributed by atoms with Crippen molar-refractivity contribution in [2.45, 2.75) is 47.6 Å². The van der Waals surface area contributed by atoms with Crippen LogP contribution >= 0.6 is 0 Å². The normalized spacial score (nSPS) is 19.8. The van der Waals surface area contributed by atoms with Gasteiger partial charge < -0.3 is 5.11 Å². The van der Waals surface area contributed by atoms with Crippen molar-refractivity contribution in [2.75, 3.05) is 0 Å². The molecule has 0 saturated carbocycles. The van der Waals surface area contributed by atoms with Crippen molar-refractivity contribution < 1.29 is 5.11 Å². The van der Waals surface area contributed by atoms with Gasteiger partial charge >= 0.3 is 0 Å². The second kappa shape index (κ2) is 4.86. The molecule has 0 aromatic heterocycles. The average molecular weight is 172 g/mol. The lowest BCUT2D eigenvalue weighted by Gasteiger charge is -2.32. The second-order valence-corrected chi connectivity index (χ2v) is 4.67. The van der Waals surface area contributed by atoms with Gasteiger partial charge in [-0.2, -0.15) is 0 Å². The summed E-state index contributed by atoms with van der Waals surface area (Å²) < 4.78 is 0. The van der Waals surface area contributed by atoms with Crippen LogP contribution in [0.4, 0.5) is 0 Å². The van der Waals surface area contributed by atoms with Crippen molar-refractivity contribution in [1.29, 1.82) is 0 Å². The molecule has 0 aliphatic heterocycles. The van der Waals surface area contributed by atoms with Crippen LogP contribution in [0, 0.1) is 23.7 Å². The maximum Gasteiger partial charge on any atom is 0.0545 e. The first-order valence-electron chi connectivity index (χ1n) is 5.06. The van der Waals surface area contributed by atoms with Gasteiger partial charge in [-0.25, -0.2) is 0 Å². The highest BCUT2D eigenvalue weighted by Crippen LogP contribution is 2.29. The minimum Gasteiger partial charge on any atom is -0.393 e. The molecule has 0 aromatic rings. The molecule has 12 heavy (non-hydrogen) atoms. The van der Waals surface area contributed by atoms with Crippen LogP contribution in [0.3, 0.4) is 0 Å². The minimum atomic E-state index is -0.178. The van der Waals surface area contributed by atoms with E-state index >= 15 is 0 Å². The predicted molar refractivity (Wildman–Crippen MR) is 54.0 cm³/mol. The van der Waals surface area contributed by atoms with E-state index in [2.05, 4.69) is 34.6 Å². The van der Waals surface area contributed by atoms with Gasteiger partial charge in [0, 0.05) is 0 Å². The molecule has 1 N–H and O–H groups in total. The van der Waals surface area contributed by atoms with Crippen molar-refractivity contribution in [3.8, 4) is 0 Å². The summed E-state index contributed by atoms with van der Waals surface area (Å²) in [7, 11) is 0. The van der Waals surface area contributed by atoms with Crippen molar-refractivity contribution >= 4 is 0 Å². The van der Waals surface area contributed by atoms with Crippen LogP contribution < -0.4 is 0 Å². The predicted octanol–water partition coefficient (Wildman–Crippen LogP) is 2.93. The molecule has 0 aliphatic carbocycles. The Hall–Kier alpha value is -0.0400. The Bertz CT molecular complexity index is 108. The summed E-state index contributed by atoms with van der Waals surface area (Å²) in [6.07, 6.45) is -0.178. The second-order valence-electron chi connectivity index (χ2n) is 4.67. The van der Waals surface area contributed by atoms with Crippen molar-refractivity contribution in [1.82, 2.24) is 0 Å². The van der Waals surface area contributed by atoms with Crippen LogP contribution in [0.15, 0.2) is 0 Å². The molecule has 0 aromatic carbocycles. The van der Waals surface area contributed by atoms with Crippen LogP contribution in [0.25, 0.3) is 0 Å². The summed E-state index contributed by atoms with van der Waals surface area (Å²) in [6, 6.07) is 0. The molecule has 3 unspecified atom stereocenters. The molecule has 74 valence electrons. The molecule has 0 aliphatic rings. The van der Waals surface area contributed by atoms with E-state index in [1.165, 1.54) is 0 Å². The smallest absolute Gasteiger partial charge is 0.0545 e. The van der Waals surface area contributed by atoms with Crippen LogP contribution in [0.5, 0.6) is 0 Å². The van der Waals surface area contributed by atoms with E-state index in [1.807, 2.05) is 6.92 Å². The Morgan fingerprint density at radius 1 is 0.750 bits per heavy atom. The molecule has 0 saturated heterocycles. The van der Waals surface area contributed by atoms with Crippen molar-refractivity contribution in [3.63, 3.8) is 0 Å². The first-order chi connectivity index (χ1) is 5.37. The monoisotopic (exact) mass is 172 g/mol. The summed E-state index contributed by atoms with van der Waals surface area (Å²) >= 11 is 0. The Labute approximate surface area is 77.2 Å². The standard InChI is InChI=1S/C11H24O/c1-7(2)9(5)11(8(3)4)10(6)12/h7-12H,1-6H3. The van der Waals surface area contributed by atoms with E-state index in [0.29, 0.717) is 23.7 Å². The fourth-order valence-electron chi connectivity index (χ4n) is 2.05. The molecule has 3 atom stereocenters. The SMILES string of the molecule is CC(C)C(C)C(C(C)C)C(C)O. The Morgan fingerprint density at radius 2 is 1.17 bits per heavy atom. The van der Waals surface area contributed by atoms with Crippen molar-refractivity contribution in [3.05, 3.63) is 0 Å². The zero-order valence-electron chi connectivity index (χ0n) is 9.33. The maximum atomic E-state index is 9.60. The van der Waals surface area contributed by atoms with E-state index in [9.17, 15) is 5.11 Å². The highest BCUT2D eigenvalue weighted by atomic mass is 16.3. The molecule has 0 fully saturated rings. The first kappa shape index (κ1) is 12.0. The molecule has 0 spiro atoms. The van der Waals surface area contributed by atoms with Gasteiger partial charge in [0.1, 0.15) is 0 Å². The first-order valence-corrected chi connectivity index (χ1v) is 5.06. The van der Waals surface area contributed by atoms with E-state index in [1.54, 1.807) is 0 Å². The lowest BCUT2D eigenvalue weighted by molar-refractivity contribution is 0.0472. The van der Waals surface area contributed by atoms with E-state index < -0.39 is 0 Å². The molecule has 1 heteroatoms. The third-order valence-corrected chi connectivity index (χ3v) is 2.99. The highest BCUT2D eigenvalue weighted by Gasteiger charge is 2.26. The average Bonchev–Trinajstić information content (AvgIpc) is 1.85. The van der Waals surface area contributed by atoms with Crippen LogP contribution in [0.2, 0.25) is 0 Å². The summed E-state index contributed by atoms with van der Waals surface area (Å²) in [5.74, 6) is 2.27. The third-order valence-electron chi connectivity index (χ3n) is 2.99. The molecular weight excluding hydrogens is 148 g/mol. The zero-order valence-corrected chi connectivity index (χ0v) is 9.33. The van der Waals surface area contributed by atoms with Gasteiger partial charge in [-0.3, -0.25) is 0 Å². The molecule has 0 bridgehead atoms. The van der Waals surface area contributed by atoms with Gasteiger partial charge in [-0.1, -0.05) is 34.6 Å². The lowest BCUT2D eigenvalue weighted by atomic mass is 9.76. The molecular formula is C11H24O. The van der Waals surface area contributed by atoms with E-state index in [4.69, 9.17) is 0 Å². The number of rotatable bonds is 4. The summed E-state index contributed by atoms with van der Waals surface area (Å²) in [5, 5.41) is 9.60. The maximum absolute atomic E-state index is 9.60.